The molecule has 0 amide bonds. The summed E-state index contributed by atoms with van der Waals surface area (Å²) >= 11 is 6.12. The Bertz CT molecular complexity index is 562. The molecule has 1 aromatic heterocycles. The monoisotopic (exact) mass is 298 g/mol. The average Bonchev–Trinajstić information content (AvgIpc) is 3.01. The van der Waals surface area contributed by atoms with Crippen molar-refractivity contribution in [2.75, 3.05) is 6.54 Å². The van der Waals surface area contributed by atoms with Crippen LogP contribution in [0.5, 0.6) is 0 Å². The van der Waals surface area contributed by atoms with Crippen LogP contribution in [0.25, 0.3) is 11.3 Å². The van der Waals surface area contributed by atoms with Crippen molar-refractivity contribution in [1.82, 2.24) is 10.5 Å². The van der Waals surface area contributed by atoms with Crippen LogP contribution in [0.1, 0.15) is 30.1 Å². The molecule has 1 aliphatic heterocycles. The Morgan fingerprint density at radius 2 is 2.26 bits per heavy atom. The minimum atomic E-state index is 0. The minimum Gasteiger partial charge on any atom is -0.356 e. The second-order valence-corrected chi connectivity index (χ2v) is 5.08. The van der Waals surface area contributed by atoms with E-state index in [-0.39, 0.29) is 12.4 Å². The third kappa shape index (κ3) is 2.78. The van der Waals surface area contributed by atoms with Gasteiger partial charge < -0.3 is 9.84 Å². The summed E-state index contributed by atoms with van der Waals surface area (Å²) in [7, 11) is 0. The molecule has 102 valence electrons. The van der Waals surface area contributed by atoms with E-state index < -0.39 is 0 Å². The molecule has 0 spiro atoms. The summed E-state index contributed by atoms with van der Waals surface area (Å²) in [4.78, 5) is 0. The summed E-state index contributed by atoms with van der Waals surface area (Å²) in [6.45, 7) is 3.05. The van der Waals surface area contributed by atoms with Crippen LogP contribution in [0.4, 0.5) is 0 Å². The summed E-state index contributed by atoms with van der Waals surface area (Å²) in [5, 5.41) is 8.33. The van der Waals surface area contributed by atoms with Crippen molar-refractivity contribution >= 4 is 24.0 Å². The lowest BCUT2D eigenvalue weighted by atomic mass is 10.1. The van der Waals surface area contributed by atoms with E-state index in [4.69, 9.17) is 16.1 Å². The highest BCUT2D eigenvalue weighted by Gasteiger charge is 2.21. The number of aromatic nitrogens is 1. The molecule has 0 unspecified atom stereocenters. The van der Waals surface area contributed by atoms with Gasteiger partial charge >= 0.3 is 0 Å². The Labute approximate surface area is 123 Å². The van der Waals surface area contributed by atoms with Crippen molar-refractivity contribution in [3.8, 4) is 11.3 Å². The van der Waals surface area contributed by atoms with Gasteiger partial charge in [-0.1, -0.05) is 28.9 Å². The predicted molar refractivity (Wildman–Crippen MR) is 78.9 cm³/mol. The number of hydrogen-bond donors (Lipinski definition) is 1. The highest BCUT2D eigenvalue weighted by Crippen LogP contribution is 2.31. The lowest BCUT2D eigenvalue weighted by Crippen LogP contribution is -2.12. The van der Waals surface area contributed by atoms with Gasteiger partial charge in [0.25, 0.3) is 0 Å². The van der Waals surface area contributed by atoms with Crippen molar-refractivity contribution in [2.24, 2.45) is 0 Å². The molecule has 1 N–H and O–H groups in total. The van der Waals surface area contributed by atoms with Crippen LogP contribution in [0.15, 0.2) is 28.8 Å². The molecule has 5 heteroatoms. The molecule has 1 fully saturated rings. The zero-order chi connectivity index (χ0) is 12.5. The molecule has 1 aromatic carbocycles. The van der Waals surface area contributed by atoms with Crippen LogP contribution in [0, 0.1) is 6.92 Å². The Balaban J connectivity index is 0.00000133. The molecule has 1 aliphatic rings. The van der Waals surface area contributed by atoms with Crippen molar-refractivity contribution in [2.45, 2.75) is 25.8 Å². The minimum absolute atomic E-state index is 0. The highest BCUT2D eigenvalue weighted by molar-refractivity contribution is 6.31. The van der Waals surface area contributed by atoms with E-state index in [2.05, 4.69) is 10.5 Å². The first-order valence-corrected chi connectivity index (χ1v) is 6.59. The molecule has 1 saturated heterocycles. The Hall–Kier alpha value is -1.03. The SMILES string of the molecule is Cc1c(Cl)cccc1-c1cc([C@@H]2CCCN2)no1.Cl. The van der Waals surface area contributed by atoms with Crippen molar-refractivity contribution < 1.29 is 4.52 Å². The first-order valence-electron chi connectivity index (χ1n) is 6.21. The second kappa shape index (κ2) is 5.95. The van der Waals surface area contributed by atoms with E-state index in [1.807, 2.05) is 31.2 Å². The third-order valence-corrected chi connectivity index (χ3v) is 3.89. The van der Waals surface area contributed by atoms with Gasteiger partial charge in [-0.05, 0) is 37.9 Å². The van der Waals surface area contributed by atoms with Gasteiger partial charge in [-0.2, -0.15) is 0 Å². The van der Waals surface area contributed by atoms with Gasteiger partial charge in [-0.25, -0.2) is 0 Å². The zero-order valence-corrected chi connectivity index (χ0v) is 12.2. The summed E-state index contributed by atoms with van der Waals surface area (Å²) in [5.41, 5.74) is 3.03. The van der Waals surface area contributed by atoms with Crippen molar-refractivity contribution in [3.63, 3.8) is 0 Å². The van der Waals surface area contributed by atoms with Gasteiger partial charge in [0.05, 0.1) is 6.04 Å². The van der Waals surface area contributed by atoms with Gasteiger partial charge in [0.1, 0.15) is 5.69 Å². The molecule has 2 aromatic rings. The van der Waals surface area contributed by atoms with Crippen LogP contribution in [-0.4, -0.2) is 11.7 Å². The molecule has 0 bridgehead atoms. The van der Waals surface area contributed by atoms with Gasteiger partial charge in [0, 0.05) is 16.7 Å². The maximum absolute atomic E-state index is 6.12. The standard InChI is InChI=1S/C14H15ClN2O.ClH/c1-9-10(4-2-5-11(9)15)14-8-13(17-18-14)12-6-3-7-16-12;/h2,4-5,8,12,16H,3,6-7H2,1H3;1H/t12-;/m0./s1. The van der Waals surface area contributed by atoms with E-state index in [1.165, 1.54) is 6.42 Å². The normalized spacial score (nSPS) is 18.3. The van der Waals surface area contributed by atoms with E-state index in [0.29, 0.717) is 6.04 Å². The van der Waals surface area contributed by atoms with Gasteiger partial charge in [0.15, 0.2) is 5.76 Å². The summed E-state index contributed by atoms with van der Waals surface area (Å²) < 4.78 is 5.45. The summed E-state index contributed by atoms with van der Waals surface area (Å²) in [5.74, 6) is 0.790. The molecule has 0 radical (unpaired) electrons. The van der Waals surface area contributed by atoms with E-state index >= 15 is 0 Å². The zero-order valence-electron chi connectivity index (χ0n) is 10.6. The fourth-order valence-corrected chi connectivity index (χ4v) is 2.57. The number of benzene rings is 1. The van der Waals surface area contributed by atoms with Crippen LogP contribution >= 0.6 is 24.0 Å². The largest absolute Gasteiger partial charge is 0.356 e. The van der Waals surface area contributed by atoms with Crippen molar-refractivity contribution in [3.05, 3.63) is 40.5 Å². The Morgan fingerprint density at radius 1 is 1.42 bits per heavy atom. The molecule has 0 aliphatic carbocycles. The smallest absolute Gasteiger partial charge is 0.167 e. The maximum Gasteiger partial charge on any atom is 0.167 e. The van der Waals surface area contributed by atoms with Crippen LogP contribution < -0.4 is 5.32 Å². The van der Waals surface area contributed by atoms with Crippen molar-refractivity contribution in [1.29, 1.82) is 0 Å². The predicted octanol–water partition coefficient (Wildman–Crippen LogP) is 4.15. The Kier molecular flexibility index (Phi) is 4.50. The highest BCUT2D eigenvalue weighted by atomic mass is 35.5. The molecule has 2 heterocycles. The van der Waals surface area contributed by atoms with Gasteiger partial charge in [-0.15, -0.1) is 12.4 Å². The van der Waals surface area contributed by atoms with Crippen LogP contribution in [0.3, 0.4) is 0 Å². The summed E-state index contributed by atoms with van der Waals surface area (Å²) in [6, 6.07) is 8.17. The topological polar surface area (TPSA) is 38.1 Å². The Morgan fingerprint density at radius 3 is 3.00 bits per heavy atom. The first-order chi connectivity index (χ1) is 8.75. The molecule has 0 saturated carbocycles. The number of halogens is 2. The average molecular weight is 299 g/mol. The molecule has 19 heavy (non-hydrogen) atoms. The quantitative estimate of drug-likeness (QED) is 0.905. The lowest BCUT2D eigenvalue weighted by Gasteiger charge is -2.04. The fourth-order valence-electron chi connectivity index (χ4n) is 2.39. The van der Waals surface area contributed by atoms with Gasteiger partial charge in [0.2, 0.25) is 0 Å². The maximum atomic E-state index is 6.12. The van der Waals surface area contributed by atoms with E-state index in [0.717, 1.165) is 40.6 Å². The molecular weight excluding hydrogens is 283 g/mol. The number of rotatable bonds is 2. The first kappa shape index (κ1) is 14.4. The lowest BCUT2D eigenvalue weighted by molar-refractivity contribution is 0.412. The molecule has 3 nitrogen and oxygen atoms in total. The van der Waals surface area contributed by atoms with E-state index in [1.54, 1.807) is 0 Å². The summed E-state index contributed by atoms with van der Waals surface area (Å²) in [6.07, 6.45) is 2.32. The van der Waals surface area contributed by atoms with Gasteiger partial charge in [-0.3, -0.25) is 0 Å². The van der Waals surface area contributed by atoms with E-state index in [9.17, 15) is 0 Å². The number of hydrogen-bond acceptors (Lipinski definition) is 3. The molecule has 3 rings (SSSR count). The number of nitrogens with one attached hydrogen (secondary N) is 1. The van der Waals surface area contributed by atoms with Crippen LogP contribution in [-0.2, 0) is 0 Å². The third-order valence-electron chi connectivity index (χ3n) is 3.48. The molecule has 1 atom stereocenters. The second-order valence-electron chi connectivity index (χ2n) is 4.68. The fraction of sp³-hybridized carbons (Fsp3) is 0.357. The number of nitrogens with zero attached hydrogens (tertiary/aromatic N) is 1. The van der Waals surface area contributed by atoms with Crippen LogP contribution in [0.2, 0.25) is 5.02 Å². The molecular formula is C14H16Cl2N2O.